The number of hydrogen-bond donors (Lipinski definition) is 0. The maximum absolute atomic E-state index is 13.0. The van der Waals surface area contributed by atoms with Gasteiger partial charge in [0.05, 0.1) is 17.1 Å². The summed E-state index contributed by atoms with van der Waals surface area (Å²) in [7, 11) is 0. The number of nitro benzene ring substituents is 1. The second kappa shape index (κ2) is 10.7. The lowest BCUT2D eigenvalue weighted by atomic mass is 9.98. The van der Waals surface area contributed by atoms with Crippen molar-refractivity contribution in [2.45, 2.75) is 12.8 Å². The van der Waals surface area contributed by atoms with Gasteiger partial charge in [-0.25, -0.2) is 4.79 Å². The highest BCUT2D eigenvalue weighted by Gasteiger charge is 2.22. The Labute approximate surface area is 203 Å². The maximum Gasteiger partial charge on any atom is 0.338 e. The minimum atomic E-state index is -0.695. The zero-order chi connectivity index (χ0) is 24.8. The Balaban J connectivity index is 1.39. The van der Waals surface area contributed by atoms with Gasteiger partial charge < -0.3 is 9.26 Å². The molecule has 0 amide bonds. The number of benzene rings is 2. The van der Waals surface area contributed by atoms with Crippen LogP contribution in [0, 0.1) is 10.1 Å². The quantitative estimate of drug-likeness (QED) is 0.107. The van der Waals surface area contributed by atoms with Crippen molar-refractivity contribution in [2.24, 2.45) is 0 Å². The molecule has 0 aliphatic carbocycles. The second-order valence-electron chi connectivity index (χ2n) is 7.29. The minimum Gasteiger partial charge on any atom is -0.462 e. The van der Waals surface area contributed by atoms with Crippen LogP contribution in [0.5, 0.6) is 0 Å². The molecule has 0 aliphatic heterocycles. The van der Waals surface area contributed by atoms with Crippen LogP contribution in [-0.2, 0) is 11.2 Å². The number of hydrogen-bond acceptors (Lipinski definition) is 9. The molecule has 176 valence electrons. The summed E-state index contributed by atoms with van der Waals surface area (Å²) in [6.45, 7) is 0.0539. The number of pyridine rings is 1. The molecule has 35 heavy (non-hydrogen) atoms. The number of esters is 1. The number of halogens is 1. The van der Waals surface area contributed by atoms with Crippen molar-refractivity contribution in [1.29, 1.82) is 0 Å². The fourth-order valence-electron chi connectivity index (χ4n) is 3.24. The molecule has 0 radical (unpaired) electrons. The van der Waals surface area contributed by atoms with Crippen LogP contribution in [0.3, 0.4) is 0 Å². The van der Waals surface area contributed by atoms with E-state index in [1.54, 1.807) is 30.6 Å². The minimum absolute atomic E-state index is 0.0298. The number of nitrogens with zero attached hydrogens (tertiary/aromatic N) is 4. The van der Waals surface area contributed by atoms with Gasteiger partial charge in [-0.15, -0.1) is 0 Å². The number of ketones is 1. The number of nitro groups is 1. The highest BCUT2D eigenvalue weighted by Crippen LogP contribution is 2.27. The Hall–Kier alpha value is -4.44. The van der Waals surface area contributed by atoms with Gasteiger partial charge in [0.1, 0.15) is 5.02 Å². The van der Waals surface area contributed by atoms with Crippen molar-refractivity contribution < 1.29 is 23.8 Å². The highest BCUT2D eigenvalue weighted by molar-refractivity contribution is 6.33. The van der Waals surface area contributed by atoms with Gasteiger partial charge in [-0.05, 0) is 36.8 Å². The molecular weight excluding hydrogens is 476 g/mol. The van der Waals surface area contributed by atoms with E-state index < -0.39 is 22.4 Å². The molecule has 11 heteroatoms. The van der Waals surface area contributed by atoms with Gasteiger partial charge in [0.2, 0.25) is 11.7 Å². The predicted molar refractivity (Wildman–Crippen MR) is 124 cm³/mol. The van der Waals surface area contributed by atoms with Crippen molar-refractivity contribution in [3.05, 3.63) is 105 Å². The van der Waals surface area contributed by atoms with Crippen LogP contribution < -0.4 is 0 Å². The average Bonchev–Trinajstić information content (AvgIpc) is 3.36. The van der Waals surface area contributed by atoms with Crippen molar-refractivity contribution >= 4 is 29.0 Å². The first-order chi connectivity index (χ1) is 16.9. The number of carbonyl (C=O) groups is 2. The Kier molecular flexibility index (Phi) is 7.22. The molecule has 4 aromatic rings. The summed E-state index contributed by atoms with van der Waals surface area (Å²) in [5, 5.41) is 15.0. The summed E-state index contributed by atoms with van der Waals surface area (Å²) in [6.07, 6.45) is 4.07. The molecule has 0 unspecified atom stereocenters. The molecule has 0 saturated heterocycles. The first-order valence-electron chi connectivity index (χ1n) is 10.4. The van der Waals surface area contributed by atoms with Crippen molar-refractivity contribution in [2.75, 3.05) is 6.61 Å². The molecule has 0 bridgehead atoms. The predicted octanol–water partition coefficient (Wildman–Crippen LogP) is 4.71. The van der Waals surface area contributed by atoms with E-state index in [0.717, 1.165) is 11.6 Å². The first-order valence-corrected chi connectivity index (χ1v) is 10.8. The third-order valence-corrected chi connectivity index (χ3v) is 5.27. The van der Waals surface area contributed by atoms with Crippen LogP contribution >= 0.6 is 11.6 Å². The number of aromatic nitrogens is 3. The summed E-state index contributed by atoms with van der Waals surface area (Å²) in [6, 6.07) is 13.4. The lowest BCUT2D eigenvalue weighted by molar-refractivity contribution is -0.384. The zero-order valence-corrected chi connectivity index (χ0v) is 18.8. The lowest BCUT2D eigenvalue weighted by Gasteiger charge is -2.09. The van der Waals surface area contributed by atoms with E-state index in [4.69, 9.17) is 20.9 Å². The van der Waals surface area contributed by atoms with Crippen LogP contribution in [0.4, 0.5) is 5.69 Å². The van der Waals surface area contributed by atoms with Crippen LogP contribution in [0.25, 0.3) is 11.4 Å². The SMILES string of the molecule is O=C(OCCCc1nc(-c2cccnc2)no1)c1ccccc1C(=O)c1ccc(Cl)c([N+](=O)[O-])c1. The highest BCUT2D eigenvalue weighted by atomic mass is 35.5. The summed E-state index contributed by atoms with van der Waals surface area (Å²) in [5.41, 5.74) is 0.465. The topological polar surface area (TPSA) is 138 Å². The Morgan fingerprint density at radius 3 is 2.63 bits per heavy atom. The number of aryl methyl sites for hydroxylation is 1. The molecule has 0 spiro atoms. The normalized spacial score (nSPS) is 10.7. The van der Waals surface area contributed by atoms with Gasteiger partial charge in [-0.3, -0.25) is 19.9 Å². The lowest BCUT2D eigenvalue weighted by Crippen LogP contribution is -2.13. The summed E-state index contributed by atoms with van der Waals surface area (Å²) in [4.78, 5) is 44.4. The summed E-state index contributed by atoms with van der Waals surface area (Å²) in [5.74, 6) is -0.454. The number of rotatable bonds is 9. The average molecular weight is 493 g/mol. The van der Waals surface area contributed by atoms with E-state index in [1.807, 2.05) is 6.07 Å². The van der Waals surface area contributed by atoms with Gasteiger partial charge >= 0.3 is 5.97 Å². The van der Waals surface area contributed by atoms with Crippen LogP contribution in [0.1, 0.15) is 38.6 Å². The van der Waals surface area contributed by atoms with Crippen LogP contribution in [0.2, 0.25) is 5.02 Å². The molecule has 0 N–H and O–H groups in total. The third kappa shape index (κ3) is 5.56. The Morgan fingerprint density at radius 1 is 1.09 bits per heavy atom. The Bertz CT molecular complexity index is 1390. The van der Waals surface area contributed by atoms with E-state index in [2.05, 4.69) is 15.1 Å². The first kappa shape index (κ1) is 23.7. The molecule has 2 heterocycles. The fraction of sp³-hybridized carbons (Fsp3) is 0.125. The molecule has 0 saturated carbocycles. The molecule has 2 aromatic heterocycles. The zero-order valence-electron chi connectivity index (χ0n) is 18.1. The molecule has 10 nitrogen and oxygen atoms in total. The molecule has 0 fully saturated rings. The largest absolute Gasteiger partial charge is 0.462 e. The molecular formula is C24H17ClN4O6. The van der Waals surface area contributed by atoms with Gasteiger partial charge in [0.15, 0.2) is 5.78 Å². The van der Waals surface area contributed by atoms with Crippen LogP contribution in [0.15, 0.2) is 71.5 Å². The van der Waals surface area contributed by atoms with E-state index in [1.165, 1.54) is 24.3 Å². The van der Waals surface area contributed by atoms with E-state index in [-0.39, 0.29) is 28.3 Å². The molecule has 0 aliphatic rings. The fourth-order valence-corrected chi connectivity index (χ4v) is 3.43. The van der Waals surface area contributed by atoms with Gasteiger partial charge in [0, 0.05) is 41.6 Å². The smallest absolute Gasteiger partial charge is 0.338 e. The standard InChI is InChI=1S/C24H17ClN4O6/c25-19-10-9-15(13-20(19)29(32)33)22(30)17-6-1-2-7-18(17)24(31)34-12-4-8-21-27-23(28-35-21)16-5-3-11-26-14-16/h1-3,5-7,9-11,13-14H,4,8,12H2. The van der Waals surface area contributed by atoms with Crippen molar-refractivity contribution in [3.63, 3.8) is 0 Å². The van der Waals surface area contributed by atoms with E-state index in [0.29, 0.717) is 24.6 Å². The summed E-state index contributed by atoms with van der Waals surface area (Å²) < 4.78 is 10.5. The van der Waals surface area contributed by atoms with Crippen molar-refractivity contribution in [1.82, 2.24) is 15.1 Å². The number of carbonyl (C=O) groups excluding carboxylic acids is 2. The van der Waals surface area contributed by atoms with E-state index >= 15 is 0 Å². The van der Waals surface area contributed by atoms with Gasteiger partial charge in [-0.1, -0.05) is 35.0 Å². The summed E-state index contributed by atoms with van der Waals surface area (Å²) >= 11 is 5.83. The van der Waals surface area contributed by atoms with Crippen LogP contribution in [-0.4, -0.2) is 38.4 Å². The second-order valence-corrected chi connectivity index (χ2v) is 7.70. The van der Waals surface area contributed by atoms with Gasteiger partial charge in [0.25, 0.3) is 5.69 Å². The van der Waals surface area contributed by atoms with Gasteiger partial charge in [-0.2, -0.15) is 4.98 Å². The molecule has 4 rings (SSSR count). The third-order valence-electron chi connectivity index (χ3n) is 4.95. The Morgan fingerprint density at radius 2 is 1.89 bits per heavy atom. The maximum atomic E-state index is 13.0. The molecule has 2 aromatic carbocycles. The molecule has 0 atom stereocenters. The number of ether oxygens (including phenoxy) is 1. The van der Waals surface area contributed by atoms with Crippen molar-refractivity contribution in [3.8, 4) is 11.4 Å². The van der Waals surface area contributed by atoms with E-state index in [9.17, 15) is 19.7 Å². The monoisotopic (exact) mass is 492 g/mol.